The molecule has 1 unspecified atom stereocenters. The number of anilines is 2. The van der Waals surface area contributed by atoms with Crippen LogP contribution in [-0.4, -0.2) is 56.4 Å². The molecule has 0 saturated carbocycles. The van der Waals surface area contributed by atoms with Gasteiger partial charge in [0.25, 0.3) is 5.91 Å². The van der Waals surface area contributed by atoms with Crippen LogP contribution in [0.15, 0.2) is 49.1 Å². The van der Waals surface area contributed by atoms with Crippen LogP contribution in [-0.2, 0) is 17.7 Å². The molecule has 1 atom stereocenters. The Morgan fingerprint density at radius 3 is 3.00 bits per heavy atom. The molecule has 0 aliphatic carbocycles. The maximum absolute atomic E-state index is 11.3. The van der Waals surface area contributed by atoms with E-state index in [1.807, 2.05) is 23.0 Å². The maximum Gasteiger partial charge on any atom is 0.260 e. The van der Waals surface area contributed by atoms with Crippen molar-refractivity contribution < 1.29 is 9.53 Å². The molecule has 4 N–H and O–H groups in total. The first-order valence-corrected chi connectivity index (χ1v) is 12.1. The predicted molar refractivity (Wildman–Crippen MR) is 134 cm³/mol. The highest BCUT2D eigenvalue weighted by Crippen LogP contribution is 2.25. The number of amides is 1. The van der Waals surface area contributed by atoms with Crippen molar-refractivity contribution in [2.45, 2.75) is 26.0 Å². The van der Waals surface area contributed by atoms with E-state index >= 15 is 0 Å². The molecule has 1 fully saturated rings. The molecule has 0 spiro atoms. The smallest absolute Gasteiger partial charge is 0.260 e. The number of aryl methyl sites for hydroxylation is 1. The van der Waals surface area contributed by atoms with Gasteiger partial charge in [0.05, 0.1) is 48.0 Å². The lowest BCUT2D eigenvalue weighted by atomic mass is 10.0. The van der Waals surface area contributed by atoms with Gasteiger partial charge >= 0.3 is 0 Å². The lowest BCUT2D eigenvalue weighted by molar-refractivity contribution is 0.0161. The summed E-state index contributed by atoms with van der Waals surface area (Å²) < 4.78 is 7.61. The zero-order valence-electron chi connectivity index (χ0n) is 19.3. The first kappa shape index (κ1) is 23.1. The number of morpholine rings is 1. The van der Waals surface area contributed by atoms with Gasteiger partial charge in [0.1, 0.15) is 4.88 Å². The number of thiazole rings is 1. The molecule has 10 nitrogen and oxygen atoms in total. The number of nitrogens with two attached hydrogens (primary N) is 1. The SMILES string of the molecule is Cc1cc(-c2ccnc(Nc3cnn(CC4CNCCO4)c3)n2)ccc1Cc1ncc(C(N)=O)s1. The van der Waals surface area contributed by atoms with E-state index in [4.69, 9.17) is 10.5 Å². The van der Waals surface area contributed by atoms with Crippen LogP contribution in [0.3, 0.4) is 0 Å². The Labute approximate surface area is 206 Å². The van der Waals surface area contributed by atoms with E-state index in [0.29, 0.717) is 23.8 Å². The summed E-state index contributed by atoms with van der Waals surface area (Å²) in [5.41, 5.74) is 10.2. The van der Waals surface area contributed by atoms with E-state index in [2.05, 4.69) is 49.7 Å². The third-order valence-corrected chi connectivity index (χ3v) is 6.73. The molecule has 1 saturated heterocycles. The maximum atomic E-state index is 11.3. The van der Waals surface area contributed by atoms with Crippen molar-refractivity contribution >= 4 is 28.9 Å². The molecule has 0 radical (unpaired) electrons. The molecule has 4 heterocycles. The van der Waals surface area contributed by atoms with Gasteiger partial charge in [-0.3, -0.25) is 9.48 Å². The number of primary amides is 1. The summed E-state index contributed by atoms with van der Waals surface area (Å²) in [5, 5.41) is 11.8. The quantitative estimate of drug-likeness (QED) is 0.343. The van der Waals surface area contributed by atoms with Gasteiger partial charge in [-0.2, -0.15) is 5.10 Å². The van der Waals surface area contributed by atoms with Crippen molar-refractivity contribution in [3.05, 3.63) is 70.1 Å². The fourth-order valence-corrected chi connectivity index (χ4v) is 4.70. The second-order valence-corrected chi connectivity index (χ2v) is 9.45. The Morgan fingerprint density at radius 1 is 1.31 bits per heavy atom. The Morgan fingerprint density at radius 2 is 2.23 bits per heavy atom. The summed E-state index contributed by atoms with van der Waals surface area (Å²) in [7, 11) is 0. The van der Waals surface area contributed by atoms with Crippen molar-refractivity contribution in [3.63, 3.8) is 0 Å². The van der Waals surface area contributed by atoms with Crippen molar-refractivity contribution in [2.24, 2.45) is 5.73 Å². The van der Waals surface area contributed by atoms with Gasteiger partial charge in [-0.25, -0.2) is 15.0 Å². The van der Waals surface area contributed by atoms with Crippen LogP contribution in [0.4, 0.5) is 11.6 Å². The van der Waals surface area contributed by atoms with Crippen LogP contribution >= 0.6 is 11.3 Å². The summed E-state index contributed by atoms with van der Waals surface area (Å²) >= 11 is 1.33. The van der Waals surface area contributed by atoms with Gasteiger partial charge in [-0.05, 0) is 30.2 Å². The Balaban J connectivity index is 1.26. The normalized spacial score (nSPS) is 15.7. The number of hydrogen-bond acceptors (Lipinski definition) is 9. The lowest BCUT2D eigenvalue weighted by Gasteiger charge is -2.23. The second kappa shape index (κ2) is 10.3. The molecule has 0 bridgehead atoms. The molecule has 3 aromatic heterocycles. The van der Waals surface area contributed by atoms with E-state index in [1.54, 1.807) is 12.4 Å². The number of nitrogens with zero attached hydrogens (tertiary/aromatic N) is 5. The summed E-state index contributed by atoms with van der Waals surface area (Å²) in [5.74, 6) is 0.0537. The minimum Gasteiger partial charge on any atom is -0.374 e. The third-order valence-electron chi connectivity index (χ3n) is 5.72. The Kier molecular flexibility index (Phi) is 6.80. The van der Waals surface area contributed by atoms with Gasteiger partial charge in [0.2, 0.25) is 5.95 Å². The van der Waals surface area contributed by atoms with E-state index in [0.717, 1.165) is 52.8 Å². The highest BCUT2D eigenvalue weighted by atomic mass is 32.1. The third kappa shape index (κ3) is 5.70. The fourth-order valence-electron chi connectivity index (χ4n) is 3.90. The summed E-state index contributed by atoms with van der Waals surface area (Å²) in [6.45, 7) is 5.18. The number of nitrogens with one attached hydrogen (secondary N) is 2. The highest BCUT2D eigenvalue weighted by Gasteiger charge is 2.15. The van der Waals surface area contributed by atoms with E-state index in [-0.39, 0.29) is 6.10 Å². The van der Waals surface area contributed by atoms with Crippen molar-refractivity contribution in [1.82, 2.24) is 30.0 Å². The molecular weight excluding hydrogens is 464 g/mol. The van der Waals surface area contributed by atoms with Crippen molar-refractivity contribution in [2.75, 3.05) is 25.0 Å². The topological polar surface area (TPSA) is 133 Å². The molecule has 11 heteroatoms. The van der Waals surface area contributed by atoms with E-state index in [1.165, 1.54) is 17.5 Å². The minimum atomic E-state index is -0.447. The predicted octanol–water partition coefficient (Wildman–Crippen LogP) is 2.53. The fraction of sp³-hybridized carbons (Fsp3) is 0.292. The number of benzene rings is 1. The van der Waals surface area contributed by atoms with Crippen LogP contribution < -0.4 is 16.4 Å². The van der Waals surface area contributed by atoms with Crippen molar-refractivity contribution in [1.29, 1.82) is 0 Å². The van der Waals surface area contributed by atoms with Gasteiger partial charge in [-0.1, -0.05) is 12.1 Å². The molecule has 1 aliphatic heterocycles. The van der Waals surface area contributed by atoms with Crippen LogP contribution in [0.25, 0.3) is 11.3 Å². The largest absolute Gasteiger partial charge is 0.374 e. The standard InChI is InChI=1S/C24H26N8O2S/c1-15-8-17(3-2-16(15)9-22-28-12-21(35-22)23(25)33)20-4-5-27-24(31-20)30-18-10-29-32(13-18)14-19-11-26-6-7-34-19/h2-5,8,10,12-13,19,26H,6-7,9,11,14H2,1H3,(H2,25,33)(H,27,30,31). The molecule has 1 aromatic carbocycles. The molecular formula is C24H26N8O2S. The molecule has 4 aromatic rings. The summed E-state index contributed by atoms with van der Waals surface area (Å²) in [6.07, 6.45) is 7.71. The van der Waals surface area contributed by atoms with Crippen LogP contribution in [0.2, 0.25) is 0 Å². The number of rotatable bonds is 8. The highest BCUT2D eigenvalue weighted by molar-refractivity contribution is 7.13. The van der Waals surface area contributed by atoms with Gasteiger partial charge in [-0.15, -0.1) is 11.3 Å². The number of carbonyl (C=O) groups is 1. The van der Waals surface area contributed by atoms with Gasteiger partial charge < -0.3 is 21.1 Å². The number of carbonyl (C=O) groups excluding carboxylic acids is 1. The van der Waals surface area contributed by atoms with Gasteiger partial charge in [0.15, 0.2) is 0 Å². The average Bonchev–Trinajstić information content (AvgIpc) is 3.51. The Hall–Kier alpha value is -3.67. The minimum absolute atomic E-state index is 0.114. The van der Waals surface area contributed by atoms with Crippen LogP contribution in [0.1, 0.15) is 25.8 Å². The van der Waals surface area contributed by atoms with E-state index in [9.17, 15) is 4.79 Å². The number of hydrogen-bond donors (Lipinski definition) is 3. The number of ether oxygens (including phenoxy) is 1. The monoisotopic (exact) mass is 490 g/mol. The lowest BCUT2D eigenvalue weighted by Crippen LogP contribution is -2.40. The van der Waals surface area contributed by atoms with Crippen molar-refractivity contribution in [3.8, 4) is 11.3 Å². The summed E-state index contributed by atoms with van der Waals surface area (Å²) in [6, 6.07) is 8.08. The first-order chi connectivity index (χ1) is 17.0. The second-order valence-electron chi connectivity index (χ2n) is 8.34. The molecule has 1 aliphatic rings. The molecule has 35 heavy (non-hydrogen) atoms. The summed E-state index contributed by atoms with van der Waals surface area (Å²) in [4.78, 5) is 25.2. The molecule has 180 valence electrons. The van der Waals surface area contributed by atoms with Gasteiger partial charge in [0, 0.05) is 37.5 Å². The van der Waals surface area contributed by atoms with E-state index < -0.39 is 5.91 Å². The average molecular weight is 491 g/mol. The first-order valence-electron chi connectivity index (χ1n) is 11.3. The molecule has 5 rings (SSSR count). The van der Waals surface area contributed by atoms with Crippen LogP contribution in [0.5, 0.6) is 0 Å². The Bertz CT molecular complexity index is 1330. The number of aromatic nitrogens is 5. The molecule has 1 amide bonds. The van der Waals surface area contributed by atoms with Crippen LogP contribution in [0, 0.1) is 6.92 Å². The zero-order valence-corrected chi connectivity index (χ0v) is 20.1. The zero-order chi connectivity index (χ0) is 24.2.